The second kappa shape index (κ2) is 11.7. The Morgan fingerprint density at radius 1 is 1.03 bits per heavy atom. The van der Waals surface area contributed by atoms with Crippen molar-refractivity contribution in [2.75, 3.05) is 39.5 Å². The number of amides is 1. The van der Waals surface area contributed by atoms with Gasteiger partial charge in [0.1, 0.15) is 19.0 Å². The molecule has 0 bridgehead atoms. The predicted molar refractivity (Wildman–Crippen MR) is 118 cm³/mol. The molecule has 2 aliphatic heterocycles. The number of hydrogen-bond acceptors (Lipinski definition) is 5. The Bertz CT molecular complexity index is 807. The van der Waals surface area contributed by atoms with Gasteiger partial charge >= 0.3 is 0 Å². The van der Waals surface area contributed by atoms with Crippen LogP contribution in [0, 0.1) is 0 Å². The van der Waals surface area contributed by atoms with Crippen molar-refractivity contribution in [3.8, 4) is 17.2 Å². The fourth-order valence-electron chi connectivity index (χ4n) is 3.44. The van der Waals surface area contributed by atoms with Crippen LogP contribution in [0.5, 0.6) is 17.2 Å². The number of nitrogens with zero attached hydrogens (tertiary/aromatic N) is 1. The number of nitrogens with two attached hydrogens (primary N) is 1. The van der Waals surface area contributed by atoms with E-state index in [-0.39, 0.29) is 6.61 Å². The number of likely N-dealkylation sites (tertiary alicyclic amines) is 1. The van der Waals surface area contributed by atoms with Crippen molar-refractivity contribution in [2.24, 2.45) is 5.73 Å². The van der Waals surface area contributed by atoms with Gasteiger partial charge in [0, 0.05) is 5.02 Å². The summed E-state index contributed by atoms with van der Waals surface area (Å²) in [6, 6.07) is 13.0. The summed E-state index contributed by atoms with van der Waals surface area (Å²) in [5.41, 5.74) is 6.24. The average Bonchev–Trinajstić information content (AvgIpc) is 3.27. The molecule has 1 amide bonds. The zero-order valence-corrected chi connectivity index (χ0v) is 17.9. The van der Waals surface area contributed by atoms with E-state index < -0.39 is 5.91 Å². The highest BCUT2D eigenvalue weighted by atomic mass is 35.5. The first-order valence-corrected chi connectivity index (χ1v) is 10.8. The Morgan fingerprint density at radius 2 is 1.73 bits per heavy atom. The van der Waals surface area contributed by atoms with Crippen LogP contribution in [0.25, 0.3) is 0 Å². The van der Waals surface area contributed by atoms with E-state index in [1.54, 1.807) is 24.3 Å². The van der Waals surface area contributed by atoms with Crippen molar-refractivity contribution in [1.29, 1.82) is 0 Å². The van der Waals surface area contributed by atoms with Crippen LogP contribution in [0.3, 0.4) is 0 Å². The molecule has 0 unspecified atom stereocenters. The third-order valence-electron chi connectivity index (χ3n) is 4.94. The smallest absolute Gasteiger partial charge is 0.255 e. The van der Waals surface area contributed by atoms with Gasteiger partial charge in [0.2, 0.25) is 0 Å². The monoisotopic (exact) mass is 432 g/mol. The van der Waals surface area contributed by atoms with Crippen molar-refractivity contribution in [3.05, 3.63) is 53.1 Å². The summed E-state index contributed by atoms with van der Waals surface area (Å²) in [5, 5.41) is 0.626. The molecule has 4 rings (SSSR count). The molecule has 0 aromatic heterocycles. The lowest BCUT2D eigenvalue weighted by Gasteiger charge is -2.19. The van der Waals surface area contributed by atoms with Crippen LogP contribution < -0.4 is 19.9 Å². The lowest BCUT2D eigenvalue weighted by atomic mass is 10.1. The molecular formula is C23H29ClN2O4. The molecule has 1 saturated heterocycles. The van der Waals surface area contributed by atoms with Gasteiger partial charge in [0.25, 0.3) is 5.91 Å². The summed E-state index contributed by atoms with van der Waals surface area (Å²) in [7, 11) is 0. The number of primary amides is 1. The number of carbonyl (C=O) groups is 1. The topological polar surface area (TPSA) is 74.0 Å². The molecule has 2 N–H and O–H groups in total. The normalized spacial score (nSPS) is 15.2. The highest BCUT2D eigenvalue weighted by Gasteiger charge is 2.13. The van der Waals surface area contributed by atoms with Crippen molar-refractivity contribution < 1.29 is 19.0 Å². The molecule has 2 aliphatic rings. The fourth-order valence-corrected chi connectivity index (χ4v) is 3.57. The number of halogens is 1. The Labute approximate surface area is 182 Å². The van der Waals surface area contributed by atoms with Gasteiger partial charge in [-0.25, -0.2) is 0 Å². The van der Waals surface area contributed by atoms with Gasteiger partial charge in [-0.2, -0.15) is 0 Å². The summed E-state index contributed by atoms with van der Waals surface area (Å²) >= 11 is 5.63. The van der Waals surface area contributed by atoms with Crippen molar-refractivity contribution in [2.45, 2.75) is 25.7 Å². The Hall–Kier alpha value is -2.44. The minimum atomic E-state index is -0.495. The Kier molecular flexibility index (Phi) is 8.66. The molecule has 0 saturated carbocycles. The third-order valence-corrected chi connectivity index (χ3v) is 5.19. The van der Waals surface area contributed by atoms with Crippen LogP contribution in [0.15, 0.2) is 42.5 Å². The van der Waals surface area contributed by atoms with Crippen LogP contribution in [-0.4, -0.2) is 50.3 Å². The molecule has 30 heavy (non-hydrogen) atoms. The third kappa shape index (κ3) is 7.43. The predicted octanol–water partition coefficient (Wildman–Crippen LogP) is 3.69. The summed E-state index contributed by atoms with van der Waals surface area (Å²) in [6.07, 6.45) is 5.13. The molecule has 2 aromatic rings. The Morgan fingerprint density at radius 3 is 2.43 bits per heavy atom. The first kappa shape index (κ1) is 22.2. The van der Waals surface area contributed by atoms with Crippen LogP contribution in [-0.2, 0) is 11.2 Å². The summed E-state index contributed by atoms with van der Waals surface area (Å²) in [4.78, 5) is 12.9. The number of ether oxygens (including phenoxy) is 3. The van der Waals surface area contributed by atoms with Crippen molar-refractivity contribution >= 4 is 17.5 Å². The van der Waals surface area contributed by atoms with Crippen LogP contribution in [0.1, 0.15) is 24.8 Å². The second-order valence-corrected chi connectivity index (χ2v) is 7.78. The fraction of sp³-hybridized carbons (Fsp3) is 0.435. The van der Waals surface area contributed by atoms with Gasteiger partial charge in [0.05, 0.1) is 0 Å². The molecule has 0 spiro atoms. The van der Waals surface area contributed by atoms with Gasteiger partial charge < -0.3 is 24.8 Å². The molecular weight excluding hydrogens is 404 g/mol. The summed E-state index contributed by atoms with van der Waals surface area (Å²) < 4.78 is 16.1. The van der Waals surface area contributed by atoms with E-state index in [1.165, 1.54) is 44.5 Å². The molecule has 2 aromatic carbocycles. The van der Waals surface area contributed by atoms with E-state index in [2.05, 4.69) is 17.0 Å². The maximum Gasteiger partial charge on any atom is 0.255 e. The van der Waals surface area contributed by atoms with E-state index in [4.69, 9.17) is 31.5 Å². The molecule has 0 radical (unpaired) electrons. The number of hydrogen-bond donors (Lipinski definition) is 1. The molecule has 7 heteroatoms. The summed E-state index contributed by atoms with van der Waals surface area (Å²) in [6.45, 7) is 5.05. The highest BCUT2D eigenvalue weighted by Crippen LogP contribution is 2.31. The van der Waals surface area contributed by atoms with Crippen molar-refractivity contribution in [1.82, 2.24) is 4.90 Å². The SMILES string of the molecule is NC(=O)COc1ccc(Cl)cc1.c1cc2c(cc1CCCN1CCCC1)OCCO2. The standard InChI is InChI=1S/C15H21NO2.C8H8ClNO2/c1-2-8-16(7-1)9-3-4-13-5-6-14-15(12-13)18-11-10-17-14;9-6-1-3-7(4-2-6)12-5-8(10)11/h5-6,12H,1-4,7-11H2;1-4H,5H2,(H2,10,11). The lowest BCUT2D eigenvalue weighted by molar-refractivity contribution is -0.119. The van der Waals surface area contributed by atoms with Gasteiger partial charge in [-0.1, -0.05) is 17.7 Å². The molecule has 162 valence electrons. The average molecular weight is 433 g/mol. The van der Waals surface area contributed by atoms with E-state index in [0.717, 1.165) is 17.9 Å². The van der Waals surface area contributed by atoms with Gasteiger partial charge in [-0.3, -0.25) is 4.79 Å². The highest BCUT2D eigenvalue weighted by molar-refractivity contribution is 6.30. The number of benzene rings is 2. The molecule has 1 fully saturated rings. The molecule has 2 heterocycles. The van der Waals surface area contributed by atoms with E-state index in [9.17, 15) is 4.79 Å². The largest absolute Gasteiger partial charge is 0.486 e. The first-order valence-electron chi connectivity index (χ1n) is 10.4. The van der Waals surface area contributed by atoms with E-state index in [1.807, 2.05) is 6.07 Å². The minimum Gasteiger partial charge on any atom is -0.486 e. The number of carbonyl (C=O) groups excluding carboxylic acids is 1. The van der Waals surface area contributed by atoms with E-state index in [0.29, 0.717) is 24.0 Å². The second-order valence-electron chi connectivity index (χ2n) is 7.34. The van der Waals surface area contributed by atoms with Gasteiger partial charge in [-0.05, 0) is 87.3 Å². The molecule has 6 nitrogen and oxygen atoms in total. The quantitative estimate of drug-likeness (QED) is 0.722. The summed E-state index contributed by atoms with van der Waals surface area (Å²) in [5.74, 6) is 1.90. The molecule has 0 atom stereocenters. The number of aryl methyl sites for hydroxylation is 1. The van der Waals surface area contributed by atoms with Gasteiger partial charge in [-0.15, -0.1) is 0 Å². The zero-order chi connectivity index (χ0) is 21.2. The number of fused-ring (bicyclic) bond motifs is 1. The Balaban J connectivity index is 0.000000187. The molecule has 0 aliphatic carbocycles. The minimum absolute atomic E-state index is 0.109. The van der Waals surface area contributed by atoms with E-state index >= 15 is 0 Å². The van der Waals surface area contributed by atoms with Crippen LogP contribution in [0.2, 0.25) is 5.02 Å². The first-order chi connectivity index (χ1) is 14.6. The maximum atomic E-state index is 10.3. The maximum absolute atomic E-state index is 10.3. The van der Waals surface area contributed by atoms with Crippen LogP contribution in [0.4, 0.5) is 0 Å². The lowest BCUT2D eigenvalue weighted by Crippen LogP contribution is -2.20. The number of rotatable bonds is 7. The van der Waals surface area contributed by atoms with Crippen LogP contribution >= 0.6 is 11.6 Å². The van der Waals surface area contributed by atoms with Crippen molar-refractivity contribution in [3.63, 3.8) is 0 Å². The van der Waals surface area contributed by atoms with Gasteiger partial charge in [0.15, 0.2) is 18.1 Å². The zero-order valence-electron chi connectivity index (χ0n) is 17.1.